The normalized spacial score (nSPS) is 19.9. The van der Waals surface area contributed by atoms with Crippen LogP contribution in [0.5, 0.6) is 5.88 Å². The second-order valence-electron chi connectivity index (χ2n) is 8.38. The standard InChI is InChI=1S/C20H25N3O3.C2HF3O2/c1-15-7-10-25-18(15)19(24)23-13-20(14-23)11-16(6-9-22(20)2)12-26-17-5-3-4-8-21-17;3-2(4,5)1(6)7/h3-5,7-8,10,16H,6,9,11-14H2,1-2H3;(H,6,7). The monoisotopic (exact) mass is 469 g/mol. The molecule has 11 heteroatoms. The highest BCUT2D eigenvalue weighted by atomic mass is 19.4. The lowest BCUT2D eigenvalue weighted by Crippen LogP contribution is -2.72. The van der Waals surface area contributed by atoms with Gasteiger partial charge in [0.2, 0.25) is 5.88 Å². The van der Waals surface area contributed by atoms with Crippen LogP contribution in [-0.2, 0) is 4.79 Å². The minimum Gasteiger partial charge on any atom is -0.477 e. The van der Waals surface area contributed by atoms with Crippen molar-refractivity contribution >= 4 is 11.9 Å². The third kappa shape index (κ3) is 5.84. The van der Waals surface area contributed by atoms with Crippen LogP contribution in [0.25, 0.3) is 0 Å². The number of amides is 1. The number of likely N-dealkylation sites (N-methyl/N-ethyl adjacent to an activating group) is 1. The van der Waals surface area contributed by atoms with Gasteiger partial charge in [0.1, 0.15) is 0 Å². The Bertz CT molecular complexity index is 958. The largest absolute Gasteiger partial charge is 0.490 e. The number of piperidine rings is 1. The van der Waals surface area contributed by atoms with E-state index in [1.807, 2.05) is 36.1 Å². The van der Waals surface area contributed by atoms with E-state index in [2.05, 4.69) is 16.9 Å². The number of carboxylic acids is 1. The summed E-state index contributed by atoms with van der Waals surface area (Å²) >= 11 is 0. The summed E-state index contributed by atoms with van der Waals surface area (Å²) in [5.74, 6) is -1.13. The molecule has 33 heavy (non-hydrogen) atoms. The van der Waals surface area contributed by atoms with Crippen LogP contribution < -0.4 is 4.74 Å². The van der Waals surface area contributed by atoms with Crippen LogP contribution in [0.2, 0.25) is 0 Å². The van der Waals surface area contributed by atoms with Crippen LogP contribution in [0.4, 0.5) is 13.2 Å². The molecule has 4 rings (SSSR count). The minimum absolute atomic E-state index is 0.00150. The highest BCUT2D eigenvalue weighted by Gasteiger charge is 2.51. The molecule has 2 fully saturated rings. The molecule has 1 amide bonds. The quantitative estimate of drug-likeness (QED) is 0.735. The van der Waals surface area contributed by atoms with Gasteiger partial charge in [-0.05, 0) is 51.4 Å². The molecule has 2 aromatic rings. The van der Waals surface area contributed by atoms with Gasteiger partial charge < -0.3 is 19.2 Å². The number of pyridine rings is 1. The fourth-order valence-electron chi connectivity index (χ4n) is 4.10. The molecule has 2 aliphatic rings. The molecular formula is C22H26F3N3O5. The van der Waals surface area contributed by atoms with Gasteiger partial charge in [0.05, 0.1) is 18.4 Å². The summed E-state index contributed by atoms with van der Waals surface area (Å²) in [7, 11) is 2.16. The Morgan fingerprint density at radius 1 is 1.30 bits per heavy atom. The number of furan rings is 1. The van der Waals surface area contributed by atoms with Crippen LogP contribution in [-0.4, -0.2) is 76.8 Å². The number of halogens is 3. The van der Waals surface area contributed by atoms with Crippen molar-refractivity contribution in [2.45, 2.75) is 31.5 Å². The van der Waals surface area contributed by atoms with Gasteiger partial charge >= 0.3 is 12.1 Å². The summed E-state index contributed by atoms with van der Waals surface area (Å²) in [6.07, 6.45) is 0.390. The number of nitrogens with zero attached hydrogens (tertiary/aromatic N) is 3. The van der Waals surface area contributed by atoms with Gasteiger partial charge in [-0.1, -0.05) is 6.07 Å². The number of hydrogen-bond donors (Lipinski definition) is 1. The van der Waals surface area contributed by atoms with Gasteiger partial charge in [0.25, 0.3) is 5.91 Å². The lowest BCUT2D eigenvalue weighted by atomic mass is 9.75. The third-order valence-electron chi connectivity index (χ3n) is 6.01. The van der Waals surface area contributed by atoms with Gasteiger partial charge in [0.15, 0.2) is 5.76 Å². The molecule has 180 valence electrons. The first-order chi connectivity index (χ1) is 15.5. The number of carboxylic acid groups (broad SMARTS) is 1. The van der Waals surface area contributed by atoms with Crippen LogP contribution in [0, 0.1) is 12.8 Å². The van der Waals surface area contributed by atoms with Crippen LogP contribution in [0.15, 0.2) is 41.1 Å². The highest BCUT2D eigenvalue weighted by Crippen LogP contribution is 2.39. The lowest BCUT2D eigenvalue weighted by Gasteiger charge is -2.58. The van der Waals surface area contributed by atoms with E-state index >= 15 is 0 Å². The fraction of sp³-hybridized carbons (Fsp3) is 0.500. The Morgan fingerprint density at radius 2 is 2.00 bits per heavy atom. The maximum absolute atomic E-state index is 12.6. The van der Waals surface area contributed by atoms with E-state index in [0.29, 0.717) is 24.2 Å². The Balaban J connectivity index is 0.000000383. The van der Waals surface area contributed by atoms with Crippen molar-refractivity contribution in [1.29, 1.82) is 0 Å². The highest BCUT2D eigenvalue weighted by molar-refractivity contribution is 5.93. The molecule has 2 aromatic heterocycles. The van der Waals surface area contributed by atoms with E-state index < -0.39 is 12.1 Å². The van der Waals surface area contributed by atoms with E-state index in [1.165, 1.54) is 0 Å². The summed E-state index contributed by atoms with van der Waals surface area (Å²) in [5, 5.41) is 7.12. The van der Waals surface area contributed by atoms with Gasteiger partial charge in [-0.2, -0.15) is 13.2 Å². The molecule has 4 heterocycles. The van der Waals surface area contributed by atoms with Crippen molar-refractivity contribution in [3.63, 3.8) is 0 Å². The lowest BCUT2D eigenvalue weighted by molar-refractivity contribution is -0.192. The number of aromatic nitrogens is 1. The molecule has 0 saturated carbocycles. The first-order valence-electron chi connectivity index (χ1n) is 10.4. The number of carbonyl (C=O) groups is 2. The fourth-order valence-corrected chi connectivity index (χ4v) is 4.10. The first-order valence-corrected chi connectivity index (χ1v) is 10.4. The molecule has 0 aromatic carbocycles. The first kappa shape index (κ1) is 24.6. The van der Waals surface area contributed by atoms with Crippen LogP contribution >= 0.6 is 0 Å². The molecule has 0 radical (unpaired) electrons. The second-order valence-corrected chi connectivity index (χ2v) is 8.38. The van der Waals surface area contributed by atoms with E-state index in [4.69, 9.17) is 19.1 Å². The number of carbonyl (C=O) groups excluding carboxylic acids is 1. The van der Waals surface area contributed by atoms with Crippen molar-refractivity contribution in [3.05, 3.63) is 48.0 Å². The topological polar surface area (TPSA) is 96.1 Å². The second kappa shape index (κ2) is 9.82. The Hall–Kier alpha value is -3.08. The van der Waals surface area contributed by atoms with Crippen molar-refractivity contribution in [1.82, 2.24) is 14.8 Å². The number of aliphatic carboxylic acids is 1. The molecule has 1 atom stereocenters. The van der Waals surface area contributed by atoms with Crippen molar-refractivity contribution < 1.29 is 37.0 Å². The predicted octanol–water partition coefficient (Wildman–Crippen LogP) is 3.23. The summed E-state index contributed by atoms with van der Waals surface area (Å²) < 4.78 is 43.0. The van der Waals surface area contributed by atoms with Gasteiger partial charge in [-0.15, -0.1) is 0 Å². The Morgan fingerprint density at radius 3 is 2.55 bits per heavy atom. The molecule has 8 nitrogen and oxygen atoms in total. The summed E-state index contributed by atoms with van der Waals surface area (Å²) in [4.78, 5) is 30.0. The van der Waals surface area contributed by atoms with E-state index in [-0.39, 0.29) is 11.4 Å². The Labute approximate surface area is 188 Å². The SMILES string of the molecule is Cc1ccoc1C(=O)N1CC2(CC(COc3ccccn3)CCN2C)C1.O=C(O)C(F)(F)F. The summed E-state index contributed by atoms with van der Waals surface area (Å²) in [5.41, 5.74) is 0.960. The Kier molecular flexibility index (Phi) is 7.31. The maximum Gasteiger partial charge on any atom is 0.490 e. The molecule has 0 bridgehead atoms. The zero-order chi connectivity index (χ0) is 24.2. The molecule has 1 unspecified atom stereocenters. The van der Waals surface area contributed by atoms with E-state index in [0.717, 1.165) is 38.0 Å². The van der Waals surface area contributed by atoms with E-state index in [1.54, 1.807) is 12.5 Å². The van der Waals surface area contributed by atoms with Gasteiger partial charge in [-0.3, -0.25) is 9.69 Å². The van der Waals surface area contributed by atoms with E-state index in [9.17, 15) is 18.0 Å². The summed E-state index contributed by atoms with van der Waals surface area (Å²) in [6, 6.07) is 7.54. The van der Waals surface area contributed by atoms with Crippen molar-refractivity contribution in [3.8, 4) is 5.88 Å². The number of ether oxygens (including phenoxy) is 1. The number of rotatable bonds is 4. The smallest absolute Gasteiger partial charge is 0.477 e. The molecule has 1 spiro atoms. The zero-order valence-corrected chi connectivity index (χ0v) is 18.3. The van der Waals surface area contributed by atoms with Crippen molar-refractivity contribution in [2.24, 2.45) is 5.92 Å². The average Bonchev–Trinajstić information content (AvgIpc) is 3.17. The number of hydrogen-bond acceptors (Lipinski definition) is 6. The van der Waals surface area contributed by atoms with Gasteiger partial charge in [0, 0.05) is 30.9 Å². The molecule has 2 aliphatic heterocycles. The summed E-state index contributed by atoms with van der Waals surface area (Å²) in [6.45, 7) is 5.12. The number of alkyl halides is 3. The molecule has 0 aliphatic carbocycles. The molecule has 1 N–H and O–H groups in total. The molecular weight excluding hydrogens is 443 g/mol. The number of aryl methyl sites for hydroxylation is 1. The number of likely N-dealkylation sites (tertiary alicyclic amines) is 2. The maximum atomic E-state index is 12.6. The minimum atomic E-state index is -5.08. The predicted molar refractivity (Wildman–Crippen MR) is 111 cm³/mol. The van der Waals surface area contributed by atoms with Crippen molar-refractivity contribution in [2.75, 3.05) is 33.3 Å². The van der Waals surface area contributed by atoms with Gasteiger partial charge in [-0.25, -0.2) is 9.78 Å². The molecule has 2 saturated heterocycles. The zero-order valence-electron chi connectivity index (χ0n) is 18.3. The van der Waals surface area contributed by atoms with Crippen LogP contribution in [0.3, 0.4) is 0 Å². The third-order valence-corrected chi connectivity index (χ3v) is 6.01. The van der Waals surface area contributed by atoms with Crippen LogP contribution in [0.1, 0.15) is 29.0 Å². The average molecular weight is 469 g/mol.